The van der Waals surface area contributed by atoms with Crippen LogP contribution in [0, 0.1) is 0 Å². The highest BCUT2D eigenvalue weighted by Gasteiger charge is 2.15. The van der Waals surface area contributed by atoms with Crippen LogP contribution in [-0.2, 0) is 6.54 Å². The average molecular weight is 311 g/mol. The molecule has 1 aliphatic rings. The maximum Gasteiger partial charge on any atom is 0.164 e. The molecule has 1 heterocycles. The summed E-state index contributed by atoms with van der Waals surface area (Å²) in [5, 5.41) is 4.28. The van der Waals surface area contributed by atoms with Gasteiger partial charge in [0.15, 0.2) is 11.5 Å². The second-order valence-corrected chi connectivity index (χ2v) is 6.55. The van der Waals surface area contributed by atoms with Gasteiger partial charge in [-0.3, -0.25) is 0 Å². The predicted molar refractivity (Wildman–Crippen MR) is 87.9 cm³/mol. The van der Waals surface area contributed by atoms with Gasteiger partial charge in [0, 0.05) is 30.0 Å². The van der Waals surface area contributed by atoms with Crippen LogP contribution in [0.3, 0.4) is 0 Å². The van der Waals surface area contributed by atoms with Gasteiger partial charge in [0.05, 0.1) is 21.3 Å². The molecular formula is C16H25NO3S. The lowest BCUT2D eigenvalue weighted by Gasteiger charge is -2.22. The van der Waals surface area contributed by atoms with Gasteiger partial charge >= 0.3 is 0 Å². The van der Waals surface area contributed by atoms with Crippen LogP contribution in [0.25, 0.3) is 0 Å². The van der Waals surface area contributed by atoms with E-state index in [0.717, 1.165) is 35.4 Å². The summed E-state index contributed by atoms with van der Waals surface area (Å²) in [6.07, 6.45) is 4.05. The third kappa shape index (κ3) is 4.45. The van der Waals surface area contributed by atoms with Crippen LogP contribution in [0.2, 0.25) is 0 Å². The standard InChI is InChI=1S/C16H25NO3S/c1-18-14-9-16(20-3)15(19-2)8-12(14)10-17-11-13-6-4-5-7-21-13/h8-9,13,17H,4-7,10-11H2,1-3H3. The van der Waals surface area contributed by atoms with Gasteiger partial charge in [0.25, 0.3) is 0 Å². The van der Waals surface area contributed by atoms with Gasteiger partial charge in [-0.2, -0.15) is 11.8 Å². The SMILES string of the molecule is COc1cc(OC)c(OC)cc1CNCC1CCCCS1. The second-order valence-electron chi connectivity index (χ2n) is 5.14. The summed E-state index contributed by atoms with van der Waals surface area (Å²) >= 11 is 2.08. The van der Waals surface area contributed by atoms with Crippen LogP contribution in [-0.4, -0.2) is 38.9 Å². The van der Waals surface area contributed by atoms with Gasteiger partial charge in [-0.25, -0.2) is 0 Å². The lowest BCUT2D eigenvalue weighted by molar-refractivity contribution is 0.347. The number of hydrogen-bond acceptors (Lipinski definition) is 5. The molecule has 0 radical (unpaired) electrons. The molecule has 5 heteroatoms. The van der Waals surface area contributed by atoms with E-state index in [4.69, 9.17) is 14.2 Å². The molecule has 1 N–H and O–H groups in total. The fraction of sp³-hybridized carbons (Fsp3) is 0.625. The molecule has 118 valence electrons. The van der Waals surface area contributed by atoms with E-state index in [2.05, 4.69) is 17.1 Å². The van der Waals surface area contributed by atoms with Crippen molar-refractivity contribution in [3.05, 3.63) is 17.7 Å². The molecule has 1 atom stereocenters. The molecule has 0 amide bonds. The Morgan fingerprint density at radius 3 is 2.38 bits per heavy atom. The van der Waals surface area contributed by atoms with Crippen LogP contribution in [0.1, 0.15) is 24.8 Å². The summed E-state index contributed by atoms with van der Waals surface area (Å²) in [5.74, 6) is 3.56. The first-order valence-corrected chi connectivity index (χ1v) is 8.44. The van der Waals surface area contributed by atoms with Gasteiger partial charge in [0.1, 0.15) is 5.75 Å². The molecule has 0 bridgehead atoms. The molecule has 1 saturated heterocycles. The van der Waals surface area contributed by atoms with Crippen molar-refractivity contribution in [3.63, 3.8) is 0 Å². The lowest BCUT2D eigenvalue weighted by Crippen LogP contribution is -2.26. The fourth-order valence-corrected chi connectivity index (χ4v) is 3.84. The summed E-state index contributed by atoms with van der Waals surface area (Å²) in [6.45, 7) is 1.82. The first-order chi connectivity index (χ1) is 10.3. The number of nitrogens with one attached hydrogen (secondary N) is 1. The second kappa shape index (κ2) is 8.39. The molecule has 1 unspecified atom stereocenters. The third-order valence-electron chi connectivity index (χ3n) is 3.75. The molecule has 0 aliphatic carbocycles. The topological polar surface area (TPSA) is 39.7 Å². The van der Waals surface area contributed by atoms with Crippen molar-refractivity contribution in [2.45, 2.75) is 31.1 Å². The van der Waals surface area contributed by atoms with Gasteiger partial charge in [-0.15, -0.1) is 0 Å². The fourth-order valence-electron chi connectivity index (χ4n) is 2.57. The van der Waals surface area contributed by atoms with Crippen molar-refractivity contribution in [1.82, 2.24) is 5.32 Å². The summed E-state index contributed by atoms with van der Waals surface area (Å²) in [5.41, 5.74) is 1.09. The van der Waals surface area contributed by atoms with Crippen molar-refractivity contribution in [2.75, 3.05) is 33.6 Å². The van der Waals surface area contributed by atoms with E-state index >= 15 is 0 Å². The zero-order valence-corrected chi connectivity index (χ0v) is 13.9. The maximum atomic E-state index is 5.45. The minimum absolute atomic E-state index is 0.695. The van der Waals surface area contributed by atoms with Crippen LogP contribution in [0.4, 0.5) is 0 Å². The van der Waals surface area contributed by atoms with Crippen LogP contribution < -0.4 is 19.5 Å². The number of ether oxygens (including phenoxy) is 3. The van der Waals surface area contributed by atoms with E-state index in [1.165, 1.54) is 25.0 Å². The molecule has 4 nitrogen and oxygen atoms in total. The molecular weight excluding hydrogens is 286 g/mol. The Kier molecular flexibility index (Phi) is 6.51. The minimum Gasteiger partial charge on any atom is -0.496 e. The Balaban J connectivity index is 1.97. The van der Waals surface area contributed by atoms with Crippen LogP contribution >= 0.6 is 11.8 Å². The van der Waals surface area contributed by atoms with E-state index in [1.54, 1.807) is 21.3 Å². The van der Waals surface area contributed by atoms with Gasteiger partial charge in [0.2, 0.25) is 0 Å². The molecule has 1 fully saturated rings. The van der Waals surface area contributed by atoms with Crippen molar-refractivity contribution < 1.29 is 14.2 Å². The molecule has 1 aromatic rings. The molecule has 21 heavy (non-hydrogen) atoms. The Morgan fingerprint density at radius 2 is 1.76 bits per heavy atom. The number of thioether (sulfide) groups is 1. The highest BCUT2D eigenvalue weighted by Crippen LogP contribution is 2.34. The molecule has 0 saturated carbocycles. The highest BCUT2D eigenvalue weighted by atomic mass is 32.2. The van der Waals surface area contributed by atoms with Gasteiger partial charge in [-0.05, 0) is 24.7 Å². The summed E-state index contributed by atoms with van der Waals surface area (Å²) < 4.78 is 16.1. The summed E-state index contributed by atoms with van der Waals surface area (Å²) in [7, 11) is 4.97. The van der Waals surface area contributed by atoms with Crippen LogP contribution in [0.15, 0.2) is 12.1 Å². The van der Waals surface area contributed by atoms with E-state index in [1.807, 2.05) is 12.1 Å². The number of benzene rings is 1. The molecule has 0 spiro atoms. The Labute approximate surface area is 131 Å². The van der Waals surface area contributed by atoms with Crippen LogP contribution in [0.5, 0.6) is 17.2 Å². The first-order valence-electron chi connectivity index (χ1n) is 7.39. The third-order valence-corrected chi connectivity index (χ3v) is 5.15. The maximum absolute atomic E-state index is 5.45. The Bertz CT molecular complexity index is 447. The molecule has 0 aromatic heterocycles. The summed E-state index contributed by atoms with van der Waals surface area (Å²) in [4.78, 5) is 0. The number of rotatable bonds is 7. The largest absolute Gasteiger partial charge is 0.496 e. The average Bonchev–Trinajstić information content (AvgIpc) is 2.55. The first kappa shape index (κ1) is 16.3. The minimum atomic E-state index is 0.695. The van der Waals surface area contributed by atoms with Gasteiger partial charge < -0.3 is 19.5 Å². The number of hydrogen-bond donors (Lipinski definition) is 1. The van der Waals surface area contributed by atoms with Crippen molar-refractivity contribution in [2.24, 2.45) is 0 Å². The smallest absolute Gasteiger partial charge is 0.164 e. The molecule has 2 rings (SSSR count). The van der Waals surface area contributed by atoms with Crippen molar-refractivity contribution >= 4 is 11.8 Å². The van der Waals surface area contributed by atoms with Crippen molar-refractivity contribution in [1.29, 1.82) is 0 Å². The Morgan fingerprint density at radius 1 is 1.05 bits per heavy atom. The normalized spacial score (nSPS) is 18.3. The lowest BCUT2D eigenvalue weighted by atomic mass is 10.1. The Hall–Kier alpha value is -1.07. The molecule has 1 aliphatic heterocycles. The van der Waals surface area contributed by atoms with Gasteiger partial charge in [-0.1, -0.05) is 6.42 Å². The quantitative estimate of drug-likeness (QED) is 0.838. The highest BCUT2D eigenvalue weighted by molar-refractivity contribution is 7.99. The van der Waals surface area contributed by atoms with E-state index in [-0.39, 0.29) is 0 Å². The van der Waals surface area contributed by atoms with Crippen molar-refractivity contribution in [3.8, 4) is 17.2 Å². The zero-order valence-electron chi connectivity index (χ0n) is 13.1. The summed E-state index contributed by atoms with van der Waals surface area (Å²) in [6, 6.07) is 3.86. The van der Waals surface area contributed by atoms with E-state index in [9.17, 15) is 0 Å². The monoisotopic (exact) mass is 311 g/mol. The number of methoxy groups -OCH3 is 3. The molecule has 1 aromatic carbocycles. The predicted octanol–water partition coefficient (Wildman–Crippen LogP) is 3.09. The zero-order chi connectivity index (χ0) is 15.1. The van der Waals surface area contributed by atoms with E-state index in [0.29, 0.717) is 5.75 Å². The van der Waals surface area contributed by atoms with E-state index < -0.39 is 0 Å².